The van der Waals surface area contributed by atoms with Gasteiger partial charge in [0, 0.05) is 19.0 Å². The topological polar surface area (TPSA) is 12.0 Å². The molecule has 0 radical (unpaired) electrons. The van der Waals surface area contributed by atoms with Crippen LogP contribution in [0.15, 0.2) is 18.2 Å². The molecule has 2 rings (SSSR count). The van der Waals surface area contributed by atoms with Crippen molar-refractivity contribution in [2.45, 2.75) is 38.6 Å². The van der Waals surface area contributed by atoms with E-state index in [4.69, 9.17) is 23.2 Å². The van der Waals surface area contributed by atoms with E-state index < -0.39 is 0 Å². The molecule has 1 aromatic carbocycles. The van der Waals surface area contributed by atoms with Gasteiger partial charge in [-0.3, -0.25) is 0 Å². The monoisotopic (exact) mass is 303 g/mol. The highest BCUT2D eigenvalue weighted by Crippen LogP contribution is 2.36. The van der Waals surface area contributed by atoms with Crippen molar-refractivity contribution in [3.63, 3.8) is 0 Å². The van der Waals surface area contributed by atoms with Gasteiger partial charge in [-0.05, 0) is 36.0 Å². The second-order valence-electron chi connectivity index (χ2n) is 5.55. The Labute approximate surface area is 124 Å². The van der Waals surface area contributed by atoms with Crippen LogP contribution in [0, 0.1) is 11.2 Å². The molecule has 0 saturated heterocycles. The van der Waals surface area contributed by atoms with Crippen LogP contribution in [-0.4, -0.2) is 12.4 Å². The van der Waals surface area contributed by atoms with E-state index in [1.54, 1.807) is 6.07 Å². The van der Waals surface area contributed by atoms with Gasteiger partial charge in [-0.15, -0.1) is 11.6 Å². The zero-order valence-electron chi connectivity index (χ0n) is 11.0. The summed E-state index contributed by atoms with van der Waals surface area (Å²) in [5.74, 6) is 0.348. The lowest BCUT2D eigenvalue weighted by Gasteiger charge is -2.35. The van der Waals surface area contributed by atoms with Gasteiger partial charge in [0.2, 0.25) is 0 Å². The van der Waals surface area contributed by atoms with Gasteiger partial charge in [-0.25, -0.2) is 4.39 Å². The fraction of sp³-hybridized carbons (Fsp3) is 0.600. The van der Waals surface area contributed by atoms with Crippen LogP contribution in [0.4, 0.5) is 4.39 Å². The number of hydrogen-bond acceptors (Lipinski definition) is 1. The second-order valence-corrected chi connectivity index (χ2v) is 6.22. The highest BCUT2D eigenvalue weighted by Gasteiger charge is 2.30. The van der Waals surface area contributed by atoms with E-state index >= 15 is 0 Å². The molecule has 1 N–H and O–H groups in total. The van der Waals surface area contributed by atoms with Crippen LogP contribution >= 0.6 is 23.2 Å². The molecule has 0 aromatic heterocycles. The highest BCUT2D eigenvalue weighted by molar-refractivity contribution is 6.30. The first-order chi connectivity index (χ1) is 9.15. The molecule has 4 heteroatoms. The van der Waals surface area contributed by atoms with Crippen LogP contribution in [0.1, 0.15) is 37.7 Å². The molecule has 0 unspecified atom stereocenters. The molecule has 0 bridgehead atoms. The summed E-state index contributed by atoms with van der Waals surface area (Å²) in [6.45, 7) is 1.56. The third kappa shape index (κ3) is 4.08. The Morgan fingerprint density at radius 3 is 2.58 bits per heavy atom. The molecular formula is C15H20Cl2FN. The molecule has 0 amide bonds. The largest absolute Gasteiger partial charge is 0.312 e. The fourth-order valence-corrected chi connectivity index (χ4v) is 3.26. The van der Waals surface area contributed by atoms with Gasteiger partial charge >= 0.3 is 0 Å². The molecule has 1 aromatic rings. The van der Waals surface area contributed by atoms with Crippen LogP contribution in [0.5, 0.6) is 0 Å². The van der Waals surface area contributed by atoms with E-state index in [-0.39, 0.29) is 16.3 Å². The Kier molecular flexibility index (Phi) is 5.49. The van der Waals surface area contributed by atoms with Crippen LogP contribution in [0.3, 0.4) is 0 Å². The first kappa shape index (κ1) is 15.1. The number of nitrogens with one attached hydrogen (secondary N) is 1. The molecule has 1 nitrogen and oxygen atoms in total. The average molecular weight is 304 g/mol. The Balaban J connectivity index is 1.86. The van der Waals surface area contributed by atoms with E-state index in [0.29, 0.717) is 12.4 Å². The molecule has 1 fully saturated rings. The van der Waals surface area contributed by atoms with Crippen molar-refractivity contribution in [3.05, 3.63) is 34.6 Å². The summed E-state index contributed by atoms with van der Waals surface area (Å²) in [4.78, 5) is 0. The standard InChI is InChI=1S/C15H20Cl2FN/c16-10-15(6-2-1-3-7-15)11-19-9-12-4-5-13(17)14(18)8-12/h4-5,8,19H,1-3,6-7,9-11H2. The molecule has 1 aliphatic rings. The lowest BCUT2D eigenvalue weighted by atomic mass is 9.75. The maximum absolute atomic E-state index is 13.3. The number of rotatable bonds is 5. The van der Waals surface area contributed by atoms with Gasteiger partial charge in [0.1, 0.15) is 5.82 Å². The predicted molar refractivity (Wildman–Crippen MR) is 79.4 cm³/mol. The first-order valence-electron chi connectivity index (χ1n) is 6.86. The van der Waals surface area contributed by atoms with Crippen molar-refractivity contribution in [2.24, 2.45) is 5.41 Å². The van der Waals surface area contributed by atoms with E-state index in [1.807, 2.05) is 6.07 Å². The van der Waals surface area contributed by atoms with E-state index in [9.17, 15) is 4.39 Å². The number of halogens is 3. The van der Waals surface area contributed by atoms with Crippen molar-refractivity contribution in [2.75, 3.05) is 12.4 Å². The summed E-state index contributed by atoms with van der Waals surface area (Å²) >= 11 is 11.8. The quantitative estimate of drug-likeness (QED) is 0.774. The zero-order chi connectivity index (χ0) is 13.7. The summed E-state index contributed by atoms with van der Waals surface area (Å²) in [6, 6.07) is 4.95. The Morgan fingerprint density at radius 1 is 1.21 bits per heavy atom. The van der Waals surface area contributed by atoms with Gasteiger partial charge in [0.15, 0.2) is 0 Å². The summed E-state index contributed by atoms with van der Waals surface area (Å²) in [6.07, 6.45) is 6.24. The Morgan fingerprint density at radius 2 is 1.95 bits per heavy atom. The van der Waals surface area contributed by atoms with Crippen LogP contribution in [0.25, 0.3) is 0 Å². The van der Waals surface area contributed by atoms with Crippen LogP contribution < -0.4 is 5.32 Å². The summed E-state index contributed by atoms with van der Waals surface area (Å²) in [5, 5.41) is 3.59. The molecule has 0 aliphatic heterocycles. The van der Waals surface area contributed by atoms with Gasteiger partial charge in [0.05, 0.1) is 5.02 Å². The van der Waals surface area contributed by atoms with Crippen molar-refractivity contribution in [1.29, 1.82) is 0 Å². The Bertz CT molecular complexity index is 417. The summed E-state index contributed by atoms with van der Waals surface area (Å²) in [5.41, 5.74) is 1.15. The molecule has 0 atom stereocenters. The second kappa shape index (κ2) is 6.92. The number of benzene rings is 1. The highest BCUT2D eigenvalue weighted by atomic mass is 35.5. The molecule has 0 heterocycles. The van der Waals surface area contributed by atoms with E-state index in [0.717, 1.165) is 12.1 Å². The number of alkyl halides is 1. The van der Waals surface area contributed by atoms with Gasteiger partial charge < -0.3 is 5.32 Å². The van der Waals surface area contributed by atoms with Gasteiger partial charge in [0.25, 0.3) is 0 Å². The summed E-state index contributed by atoms with van der Waals surface area (Å²) < 4.78 is 13.3. The minimum absolute atomic E-state index is 0.174. The summed E-state index contributed by atoms with van der Waals surface area (Å²) in [7, 11) is 0. The maximum Gasteiger partial charge on any atom is 0.142 e. The van der Waals surface area contributed by atoms with Gasteiger partial charge in [-0.1, -0.05) is 36.9 Å². The SMILES string of the molecule is Fc1cc(CNCC2(CCl)CCCCC2)ccc1Cl. The molecule has 19 heavy (non-hydrogen) atoms. The predicted octanol–water partition coefficient (Wildman–Crippen LogP) is 4.76. The molecule has 1 saturated carbocycles. The third-order valence-corrected chi connectivity index (χ3v) is 4.88. The number of hydrogen-bond donors (Lipinski definition) is 1. The molecule has 106 valence electrons. The van der Waals surface area contributed by atoms with E-state index in [2.05, 4.69) is 5.32 Å². The normalized spacial score (nSPS) is 18.5. The zero-order valence-corrected chi connectivity index (χ0v) is 12.5. The van der Waals surface area contributed by atoms with Crippen molar-refractivity contribution < 1.29 is 4.39 Å². The molecular weight excluding hydrogens is 284 g/mol. The smallest absolute Gasteiger partial charge is 0.142 e. The van der Waals surface area contributed by atoms with Crippen molar-refractivity contribution in [1.82, 2.24) is 5.32 Å². The van der Waals surface area contributed by atoms with E-state index in [1.165, 1.54) is 38.2 Å². The fourth-order valence-electron chi connectivity index (χ4n) is 2.78. The van der Waals surface area contributed by atoms with Crippen molar-refractivity contribution in [3.8, 4) is 0 Å². The van der Waals surface area contributed by atoms with Crippen LogP contribution in [-0.2, 0) is 6.54 Å². The third-order valence-electron chi connectivity index (χ3n) is 4.01. The minimum Gasteiger partial charge on any atom is -0.312 e. The first-order valence-corrected chi connectivity index (χ1v) is 7.77. The van der Waals surface area contributed by atoms with Gasteiger partial charge in [-0.2, -0.15) is 0 Å². The maximum atomic E-state index is 13.3. The van der Waals surface area contributed by atoms with Crippen LogP contribution in [0.2, 0.25) is 5.02 Å². The average Bonchev–Trinajstić information content (AvgIpc) is 2.44. The minimum atomic E-state index is -0.356. The lowest BCUT2D eigenvalue weighted by Crippen LogP contribution is -2.37. The lowest BCUT2D eigenvalue weighted by molar-refractivity contribution is 0.212. The molecule has 1 aliphatic carbocycles. The Hall–Kier alpha value is -0.310. The van der Waals surface area contributed by atoms with Crippen molar-refractivity contribution >= 4 is 23.2 Å². The molecule has 0 spiro atoms.